The van der Waals surface area contributed by atoms with Crippen molar-refractivity contribution in [3.05, 3.63) is 45.6 Å². The van der Waals surface area contributed by atoms with Gasteiger partial charge in [-0.05, 0) is 31.5 Å². The minimum atomic E-state index is -0.366. The van der Waals surface area contributed by atoms with Crippen molar-refractivity contribution in [2.75, 3.05) is 6.61 Å². The van der Waals surface area contributed by atoms with Gasteiger partial charge in [0, 0.05) is 22.5 Å². The third kappa shape index (κ3) is 3.10. The molecule has 0 saturated carbocycles. The van der Waals surface area contributed by atoms with Crippen molar-refractivity contribution in [1.82, 2.24) is 5.32 Å². The number of ether oxygens (including phenoxy) is 1. The van der Waals surface area contributed by atoms with E-state index in [2.05, 4.69) is 21.2 Å². The van der Waals surface area contributed by atoms with Crippen LogP contribution in [0.15, 0.2) is 40.0 Å². The van der Waals surface area contributed by atoms with E-state index in [0.717, 1.165) is 10.0 Å². The number of rotatable bonds is 3. The normalized spacial score (nSPS) is 18.8. The molecule has 1 aromatic carbocycles. The lowest BCUT2D eigenvalue weighted by Gasteiger charge is -2.26. The molecule has 4 nitrogen and oxygen atoms in total. The third-order valence-corrected chi connectivity index (χ3v) is 3.71. The van der Waals surface area contributed by atoms with Crippen LogP contribution in [0.1, 0.15) is 31.7 Å². The highest BCUT2D eigenvalue weighted by Gasteiger charge is 2.32. The number of benzene rings is 1. The lowest BCUT2D eigenvalue weighted by molar-refractivity contribution is -0.139. The number of hydrogen-bond acceptors (Lipinski definition) is 3. The zero-order valence-electron chi connectivity index (χ0n) is 11.4. The summed E-state index contributed by atoms with van der Waals surface area (Å²) in [6.07, 6.45) is 0.252. The molecule has 1 heterocycles. The molecule has 20 heavy (non-hydrogen) atoms. The lowest BCUT2D eigenvalue weighted by Crippen LogP contribution is -2.34. The molecule has 1 unspecified atom stereocenters. The molecule has 106 valence electrons. The van der Waals surface area contributed by atoms with Gasteiger partial charge < -0.3 is 10.1 Å². The van der Waals surface area contributed by atoms with Crippen LogP contribution in [0.3, 0.4) is 0 Å². The Morgan fingerprint density at radius 2 is 2.25 bits per heavy atom. The van der Waals surface area contributed by atoms with Gasteiger partial charge in [-0.1, -0.05) is 28.1 Å². The Labute approximate surface area is 126 Å². The van der Waals surface area contributed by atoms with Gasteiger partial charge in [0.15, 0.2) is 0 Å². The van der Waals surface area contributed by atoms with Gasteiger partial charge in [0.2, 0.25) is 5.91 Å². The number of allylic oxidation sites excluding steroid dienone is 1. The molecule has 1 aliphatic heterocycles. The smallest absolute Gasteiger partial charge is 0.336 e. The second-order valence-electron chi connectivity index (χ2n) is 4.62. The van der Waals surface area contributed by atoms with Gasteiger partial charge in [-0.3, -0.25) is 4.79 Å². The highest BCUT2D eigenvalue weighted by Crippen LogP contribution is 2.34. The maximum atomic E-state index is 12.1. The first kappa shape index (κ1) is 14.8. The number of nitrogens with one attached hydrogen (secondary N) is 1. The molecule has 1 aliphatic rings. The van der Waals surface area contributed by atoms with Crippen LogP contribution in [0.25, 0.3) is 0 Å². The van der Waals surface area contributed by atoms with Gasteiger partial charge in [0.1, 0.15) is 0 Å². The largest absolute Gasteiger partial charge is 0.463 e. The molecule has 2 rings (SSSR count). The van der Waals surface area contributed by atoms with E-state index < -0.39 is 0 Å². The molecule has 1 amide bonds. The first-order valence-electron chi connectivity index (χ1n) is 6.46. The number of hydrogen-bond donors (Lipinski definition) is 1. The van der Waals surface area contributed by atoms with Crippen LogP contribution in [-0.2, 0) is 14.3 Å². The molecule has 0 spiro atoms. The van der Waals surface area contributed by atoms with Crippen LogP contribution < -0.4 is 5.32 Å². The van der Waals surface area contributed by atoms with Crippen molar-refractivity contribution in [2.45, 2.75) is 26.2 Å². The summed E-state index contributed by atoms with van der Waals surface area (Å²) in [5, 5.41) is 2.71. The zero-order valence-corrected chi connectivity index (χ0v) is 13.0. The van der Waals surface area contributed by atoms with Crippen molar-refractivity contribution in [3.8, 4) is 0 Å². The Bertz CT molecular complexity index is 580. The average molecular weight is 338 g/mol. The number of esters is 1. The molecule has 0 radical (unpaired) electrons. The van der Waals surface area contributed by atoms with Crippen molar-refractivity contribution in [2.24, 2.45) is 0 Å². The van der Waals surface area contributed by atoms with Gasteiger partial charge >= 0.3 is 5.97 Å². The van der Waals surface area contributed by atoms with Crippen LogP contribution >= 0.6 is 15.9 Å². The summed E-state index contributed by atoms with van der Waals surface area (Å²) >= 11 is 3.41. The van der Waals surface area contributed by atoms with Gasteiger partial charge in [-0.15, -0.1) is 0 Å². The summed E-state index contributed by atoms with van der Waals surface area (Å²) in [5.41, 5.74) is 2.03. The van der Waals surface area contributed by atoms with E-state index in [4.69, 9.17) is 4.74 Å². The molecule has 0 aliphatic carbocycles. The van der Waals surface area contributed by atoms with Crippen molar-refractivity contribution in [1.29, 1.82) is 0 Å². The summed E-state index contributed by atoms with van der Waals surface area (Å²) < 4.78 is 6.03. The van der Waals surface area contributed by atoms with Crippen LogP contribution in [0.5, 0.6) is 0 Å². The number of carbonyl (C=O) groups is 2. The predicted octanol–water partition coefficient (Wildman–Crippen LogP) is 2.89. The Kier molecular flexibility index (Phi) is 4.60. The second-order valence-corrected chi connectivity index (χ2v) is 5.53. The number of amides is 1. The molecular formula is C15H16BrNO3. The topological polar surface area (TPSA) is 55.4 Å². The molecule has 1 atom stereocenters. The van der Waals surface area contributed by atoms with E-state index in [-0.39, 0.29) is 24.2 Å². The summed E-state index contributed by atoms with van der Waals surface area (Å²) in [6, 6.07) is 7.65. The Hall–Kier alpha value is -1.62. The van der Waals surface area contributed by atoms with E-state index in [0.29, 0.717) is 17.9 Å². The number of halogens is 1. The molecule has 1 N–H and O–H groups in total. The minimum Gasteiger partial charge on any atom is -0.463 e. The van der Waals surface area contributed by atoms with Crippen LogP contribution in [0.2, 0.25) is 0 Å². The maximum absolute atomic E-state index is 12.1. The Balaban J connectivity index is 2.44. The van der Waals surface area contributed by atoms with E-state index in [1.165, 1.54) is 0 Å². The molecule has 0 aromatic heterocycles. The second kappa shape index (κ2) is 6.22. The minimum absolute atomic E-state index is 0.0828. The highest BCUT2D eigenvalue weighted by molar-refractivity contribution is 9.10. The van der Waals surface area contributed by atoms with Gasteiger partial charge in [-0.25, -0.2) is 4.79 Å². The predicted molar refractivity (Wildman–Crippen MR) is 79.0 cm³/mol. The molecule has 5 heteroatoms. The summed E-state index contributed by atoms with van der Waals surface area (Å²) in [5.74, 6) is -0.712. The zero-order chi connectivity index (χ0) is 14.7. The van der Waals surface area contributed by atoms with E-state index in [9.17, 15) is 9.59 Å². The summed E-state index contributed by atoms with van der Waals surface area (Å²) in [6.45, 7) is 3.81. The first-order chi connectivity index (χ1) is 9.52. The van der Waals surface area contributed by atoms with Gasteiger partial charge in [0.25, 0.3) is 0 Å². The third-order valence-electron chi connectivity index (χ3n) is 3.22. The Morgan fingerprint density at radius 3 is 2.90 bits per heavy atom. The van der Waals surface area contributed by atoms with Crippen LogP contribution in [0.4, 0.5) is 0 Å². The molecular weight excluding hydrogens is 322 g/mol. The monoisotopic (exact) mass is 337 g/mol. The van der Waals surface area contributed by atoms with Crippen molar-refractivity contribution < 1.29 is 14.3 Å². The van der Waals surface area contributed by atoms with Crippen molar-refractivity contribution >= 4 is 27.8 Å². The van der Waals surface area contributed by atoms with E-state index in [1.807, 2.05) is 24.3 Å². The lowest BCUT2D eigenvalue weighted by atomic mass is 9.84. The average Bonchev–Trinajstić information content (AvgIpc) is 2.37. The standard InChI is InChI=1S/C15H16BrNO3/c1-3-20-15(19)14-9(2)17-13(18)8-12(14)10-5-4-6-11(16)7-10/h4-7,12H,3,8H2,1-2H3,(H,17,18). The molecule has 0 bridgehead atoms. The molecule has 0 saturated heterocycles. The summed E-state index contributed by atoms with van der Waals surface area (Å²) in [4.78, 5) is 23.9. The van der Waals surface area contributed by atoms with Crippen LogP contribution in [-0.4, -0.2) is 18.5 Å². The van der Waals surface area contributed by atoms with Crippen molar-refractivity contribution in [3.63, 3.8) is 0 Å². The SMILES string of the molecule is CCOC(=O)C1=C(C)NC(=O)CC1c1cccc(Br)c1. The highest BCUT2D eigenvalue weighted by atomic mass is 79.9. The fraction of sp³-hybridized carbons (Fsp3) is 0.333. The first-order valence-corrected chi connectivity index (χ1v) is 7.25. The fourth-order valence-corrected chi connectivity index (χ4v) is 2.81. The van der Waals surface area contributed by atoms with E-state index >= 15 is 0 Å². The van der Waals surface area contributed by atoms with Crippen LogP contribution in [0, 0.1) is 0 Å². The molecule has 1 aromatic rings. The maximum Gasteiger partial charge on any atom is 0.336 e. The Morgan fingerprint density at radius 1 is 1.50 bits per heavy atom. The molecule has 0 fully saturated rings. The summed E-state index contributed by atoms with van der Waals surface area (Å²) in [7, 11) is 0. The number of carbonyl (C=O) groups excluding carboxylic acids is 2. The fourth-order valence-electron chi connectivity index (χ4n) is 2.39. The van der Waals surface area contributed by atoms with E-state index in [1.54, 1.807) is 13.8 Å². The quantitative estimate of drug-likeness (QED) is 0.863. The van der Waals surface area contributed by atoms with Gasteiger partial charge in [0.05, 0.1) is 12.2 Å². The van der Waals surface area contributed by atoms with Gasteiger partial charge in [-0.2, -0.15) is 0 Å².